The van der Waals surface area contributed by atoms with Gasteiger partial charge in [0.25, 0.3) is 0 Å². The Morgan fingerprint density at radius 1 is 0.946 bits per heavy atom. The minimum absolute atomic E-state index is 0.0102. The summed E-state index contributed by atoms with van der Waals surface area (Å²) in [6, 6.07) is 0. The highest BCUT2D eigenvalue weighted by Gasteiger charge is 2.83. The number of hydrogen-bond donors (Lipinski definition) is 1. The van der Waals surface area contributed by atoms with Crippen molar-refractivity contribution in [3.05, 3.63) is 0 Å². The van der Waals surface area contributed by atoms with Gasteiger partial charge in [0.05, 0.1) is 11.5 Å². The number of hydrogen-bond acceptors (Lipinski definition) is 5. The second kappa shape index (κ2) is 7.55. The lowest BCUT2D eigenvalue weighted by Crippen LogP contribution is -2.76. The molecule has 37 heavy (non-hydrogen) atoms. The van der Waals surface area contributed by atoms with E-state index in [0.29, 0.717) is 30.1 Å². The quantitative estimate of drug-likeness (QED) is 0.415. The molecule has 5 nitrogen and oxygen atoms in total. The fourth-order valence-electron chi connectivity index (χ4n) is 12.5. The molecule has 1 N–H and O–H groups in total. The Balaban J connectivity index is 1.45. The summed E-state index contributed by atoms with van der Waals surface area (Å²) in [5.41, 5.74) is -1.55. The van der Waals surface area contributed by atoms with E-state index in [4.69, 9.17) is 9.47 Å². The van der Waals surface area contributed by atoms with Crippen LogP contribution in [-0.2, 0) is 19.1 Å². The van der Waals surface area contributed by atoms with Crippen LogP contribution in [0.25, 0.3) is 0 Å². The highest BCUT2D eigenvalue weighted by molar-refractivity contribution is 5.82. The summed E-state index contributed by atoms with van der Waals surface area (Å²) in [4.78, 5) is 25.7. The average molecular weight is 515 g/mol. The zero-order chi connectivity index (χ0) is 27.0. The Kier molecular flexibility index (Phi) is 5.33. The molecule has 1 saturated heterocycles. The van der Waals surface area contributed by atoms with Crippen LogP contribution in [0.1, 0.15) is 113 Å². The van der Waals surface area contributed by atoms with Crippen molar-refractivity contribution in [2.75, 3.05) is 0 Å². The van der Waals surface area contributed by atoms with Crippen molar-refractivity contribution >= 4 is 11.9 Å². The van der Waals surface area contributed by atoms with Gasteiger partial charge in [-0.15, -0.1) is 0 Å². The molecule has 0 aromatic rings. The number of carbonyl (C=O) groups is 2. The van der Waals surface area contributed by atoms with Crippen molar-refractivity contribution in [2.24, 2.45) is 56.7 Å². The number of aliphatic hydroxyl groups excluding tert-OH is 1. The van der Waals surface area contributed by atoms with E-state index in [2.05, 4.69) is 48.5 Å². The van der Waals surface area contributed by atoms with Gasteiger partial charge >= 0.3 is 11.9 Å². The van der Waals surface area contributed by atoms with Gasteiger partial charge in [-0.3, -0.25) is 9.59 Å². The molecule has 0 aromatic heterocycles. The molecule has 0 aromatic carbocycles. The molecule has 1 heterocycles. The minimum Gasteiger partial charge on any atom is -0.462 e. The first-order valence-corrected chi connectivity index (χ1v) is 15.2. The smallest absolute Gasteiger partial charge is 0.313 e. The second-order valence-electron chi connectivity index (χ2n) is 15.8. The molecule has 6 aliphatic rings. The SMILES string of the molecule is CC(=O)OC1CCC2(C)C(CCC3(C)C2CC(O)C24OC(=O)C5(CCC(C)C(C)C52)CCC34C)C1(C)C. The molecule has 208 valence electrons. The normalized spacial score (nSPS) is 57.8. The van der Waals surface area contributed by atoms with Gasteiger partial charge in [0, 0.05) is 23.7 Å². The van der Waals surface area contributed by atoms with Crippen LogP contribution in [0.2, 0.25) is 0 Å². The lowest BCUT2D eigenvalue weighted by Gasteiger charge is -2.75. The van der Waals surface area contributed by atoms with E-state index in [-0.39, 0.29) is 45.6 Å². The van der Waals surface area contributed by atoms with Crippen LogP contribution in [0, 0.1) is 56.7 Å². The van der Waals surface area contributed by atoms with E-state index in [9.17, 15) is 14.7 Å². The Bertz CT molecular complexity index is 1020. The molecule has 6 rings (SSSR count). The first kappa shape index (κ1) is 26.1. The zero-order valence-corrected chi connectivity index (χ0v) is 24.5. The Hall–Kier alpha value is -1.10. The molecular weight excluding hydrogens is 464 g/mol. The van der Waals surface area contributed by atoms with Crippen LogP contribution in [0.5, 0.6) is 0 Å². The predicted molar refractivity (Wildman–Crippen MR) is 141 cm³/mol. The summed E-state index contributed by atoms with van der Waals surface area (Å²) in [6.07, 6.45) is 7.91. The van der Waals surface area contributed by atoms with Gasteiger partial charge in [0.1, 0.15) is 11.7 Å². The van der Waals surface area contributed by atoms with Gasteiger partial charge in [-0.05, 0) is 92.3 Å². The maximum Gasteiger partial charge on any atom is 0.313 e. The van der Waals surface area contributed by atoms with E-state index >= 15 is 0 Å². The summed E-state index contributed by atoms with van der Waals surface area (Å²) in [5, 5.41) is 12.3. The molecule has 0 amide bonds. The Morgan fingerprint density at radius 2 is 1.65 bits per heavy atom. The van der Waals surface area contributed by atoms with Crippen molar-refractivity contribution < 1.29 is 24.2 Å². The zero-order valence-electron chi connectivity index (χ0n) is 24.5. The van der Waals surface area contributed by atoms with Crippen molar-refractivity contribution in [3.63, 3.8) is 0 Å². The summed E-state index contributed by atoms with van der Waals surface area (Å²) < 4.78 is 12.6. The fraction of sp³-hybridized carbons (Fsp3) is 0.938. The number of rotatable bonds is 1. The number of ether oxygens (including phenoxy) is 2. The van der Waals surface area contributed by atoms with Gasteiger partial charge in [-0.1, -0.05) is 48.5 Å². The van der Waals surface area contributed by atoms with Crippen LogP contribution in [0.4, 0.5) is 0 Å². The maximum atomic E-state index is 13.8. The highest BCUT2D eigenvalue weighted by atomic mass is 16.6. The van der Waals surface area contributed by atoms with Crippen LogP contribution >= 0.6 is 0 Å². The molecule has 6 fully saturated rings. The monoisotopic (exact) mass is 514 g/mol. The van der Waals surface area contributed by atoms with Gasteiger partial charge < -0.3 is 14.6 Å². The van der Waals surface area contributed by atoms with Crippen LogP contribution in [-0.4, -0.2) is 34.9 Å². The Labute approximate surface area is 223 Å². The third-order valence-electron chi connectivity index (χ3n) is 14.6. The van der Waals surface area contributed by atoms with E-state index in [1.165, 1.54) is 6.92 Å². The lowest BCUT2D eigenvalue weighted by molar-refractivity contribution is -0.320. The largest absolute Gasteiger partial charge is 0.462 e. The van der Waals surface area contributed by atoms with Crippen LogP contribution < -0.4 is 0 Å². The summed E-state index contributed by atoms with van der Waals surface area (Å²) >= 11 is 0. The molecule has 2 bridgehead atoms. The molecule has 1 aliphatic heterocycles. The first-order chi connectivity index (χ1) is 17.1. The fourth-order valence-corrected chi connectivity index (χ4v) is 12.5. The van der Waals surface area contributed by atoms with E-state index in [1.807, 2.05) is 0 Å². The van der Waals surface area contributed by atoms with E-state index in [0.717, 1.165) is 51.4 Å². The lowest BCUT2D eigenvalue weighted by atomic mass is 9.30. The predicted octanol–water partition coefficient (Wildman–Crippen LogP) is 6.31. The third kappa shape index (κ3) is 2.76. The van der Waals surface area contributed by atoms with Crippen molar-refractivity contribution in [2.45, 2.75) is 131 Å². The van der Waals surface area contributed by atoms with Crippen LogP contribution in [0.15, 0.2) is 0 Å². The molecule has 1 spiro atoms. The van der Waals surface area contributed by atoms with Gasteiger partial charge in [-0.2, -0.15) is 0 Å². The molecular formula is C32H50O5. The standard InChI is InChI=1S/C32H50O5/c1-18-9-14-31-16-15-30(8)29(7)13-10-21-27(4,5)24(36-20(3)33)11-12-28(21,6)22(29)17-23(34)32(30,37-26(31)35)25(31)19(18)2/h18-19,21-25,34H,9-17H2,1-8H3. The summed E-state index contributed by atoms with van der Waals surface area (Å²) in [7, 11) is 0. The number of esters is 2. The first-order valence-electron chi connectivity index (χ1n) is 15.2. The summed E-state index contributed by atoms with van der Waals surface area (Å²) in [6.45, 7) is 18.2. The third-order valence-corrected chi connectivity index (χ3v) is 14.6. The van der Waals surface area contributed by atoms with Gasteiger partial charge in [0.2, 0.25) is 0 Å². The maximum absolute atomic E-state index is 13.8. The molecule has 0 radical (unpaired) electrons. The minimum atomic E-state index is -0.782. The molecule has 12 atom stereocenters. The van der Waals surface area contributed by atoms with Crippen molar-refractivity contribution in [1.29, 1.82) is 0 Å². The number of fused-ring (bicyclic) bond motifs is 4. The molecule has 5 aliphatic carbocycles. The second-order valence-corrected chi connectivity index (χ2v) is 15.8. The molecule has 5 heteroatoms. The molecule has 12 unspecified atom stereocenters. The van der Waals surface area contributed by atoms with E-state index < -0.39 is 17.1 Å². The Morgan fingerprint density at radius 3 is 2.32 bits per heavy atom. The number of carbonyl (C=O) groups excluding carboxylic acids is 2. The average Bonchev–Trinajstić information content (AvgIpc) is 3.03. The van der Waals surface area contributed by atoms with E-state index in [1.54, 1.807) is 0 Å². The number of aliphatic hydroxyl groups is 1. The van der Waals surface area contributed by atoms with Crippen molar-refractivity contribution in [3.8, 4) is 0 Å². The van der Waals surface area contributed by atoms with Gasteiger partial charge in [-0.25, -0.2) is 0 Å². The van der Waals surface area contributed by atoms with Gasteiger partial charge in [0.15, 0.2) is 0 Å². The summed E-state index contributed by atoms with van der Waals surface area (Å²) in [5.74, 6) is 1.56. The highest BCUT2D eigenvalue weighted by Crippen LogP contribution is 2.80. The van der Waals surface area contributed by atoms with Crippen molar-refractivity contribution in [1.82, 2.24) is 0 Å². The molecule has 5 saturated carbocycles. The topological polar surface area (TPSA) is 72.8 Å². The van der Waals surface area contributed by atoms with Crippen LogP contribution in [0.3, 0.4) is 0 Å².